The van der Waals surface area contributed by atoms with Gasteiger partial charge in [-0.25, -0.2) is 0 Å². The topological polar surface area (TPSA) is 34.4 Å². The second kappa shape index (κ2) is 6.57. The fourth-order valence-electron chi connectivity index (χ4n) is 2.20. The van der Waals surface area contributed by atoms with Crippen molar-refractivity contribution in [2.45, 2.75) is 25.8 Å². The summed E-state index contributed by atoms with van der Waals surface area (Å²) >= 11 is 0. The van der Waals surface area contributed by atoms with Gasteiger partial charge in [-0.2, -0.15) is 0 Å². The molecule has 2 aromatic rings. The Labute approximate surface area is 108 Å². The fraction of sp³-hybridized carbons (Fsp3) is 0.467. The van der Waals surface area contributed by atoms with Gasteiger partial charge in [0.15, 0.2) is 0 Å². The van der Waals surface area contributed by atoms with E-state index in [4.69, 9.17) is 9.15 Å². The number of rotatable bonds is 7. The summed E-state index contributed by atoms with van der Waals surface area (Å²) in [4.78, 5) is 0. The summed E-state index contributed by atoms with van der Waals surface area (Å²) in [6.07, 6.45) is 2.06. The molecule has 3 nitrogen and oxygen atoms in total. The number of fused-ring (bicyclic) bond motifs is 1. The van der Waals surface area contributed by atoms with Crippen molar-refractivity contribution in [1.29, 1.82) is 0 Å². The number of ether oxygens (including phenoxy) is 1. The molecule has 1 N–H and O–H groups in total. The van der Waals surface area contributed by atoms with Gasteiger partial charge < -0.3 is 14.5 Å². The first-order chi connectivity index (χ1) is 8.85. The monoisotopic (exact) mass is 247 g/mol. The van der Waals surface area contributed by atoms with Gasteiger partial charge in [0.2, 0.25) is 0 Å². The molecule has 1 aromatic heterocycles. The highest BCUT2D eigenvalue weighted by Gasteiger charge is 2.14. The SMILES string of the molecule is CCNC(CCCOC)c1cc2ccccc2o1. The zero-order valence-corrected chi connectivity index (χ0v) is 11.1. The lowest BCUT2D eigenvalue weighted by Crippen LogP contribution is -2.20. The minimum atomic E-state index is 0.276. The van der Waals surface area contributed by atoms with E-state index in [2.05, 4.69) is 24.4 Å². The zero-order valence-electron chi connectivity index (χ0n) is 11.1. The standard InChI is InChI=1S/C15H21NO2/c1-3-16-13(8-6-10-17-2)15-11-12-7-4-5-9-14(12)18-15/h4-5,7,9,11,13,16H,3,6,8,10H2,1-2H3. The molecule has 1 heterocycles. The van der Waals surface area contributed by atoms with Crippen molar-refractivity contribution in [3.63, 3.8) is 0 Å². The first kappa shape index (κ1) is 13.1. The molecule has 0 aliphatic heterocycles. The quantitative estimate of drug-likeness (QED) is 0.760. The lowest BCUT2D eigenvalue weighted by Gasteiger charge is -2.14. The number of furan rings is 1. The van der Waals surface area contributed by atoms with E-state index < -0.39 is 0 Å². The number of benzene rings is 1. The number of hydrogen-bond donors (Lipinski definition) is 1. The van der Waals surface area contributed by atoms with Gasteiger partial charge in [-0.1, -0.05) is 25.1 Å². The second-order valence-electron chi connectivity index (χ2n) is 4.43. The predicted molar refractivity (Wildman–Crippen MR) is 73.7 cm³/mol. The maximum absolute atomic E-state index is 5.91. The van der Waals surface area contributed by atoms with Crippen LogP contribution in [-0.4, -0.2) is 20.3 Å². The minimum Gasteiger partial charge on any atom is -0.459 e. The molecule has 0 bridgehead atoms. The van der Waals surface area contributed by atoms with Gasteiger partial charge in [0.25, 0.3) is 0 Å². The summed E-state index contributed by atoms with van der Waals surface area (Å²) in [5.74, 6) is 1.02. The molecule has 0 saturated carbocycles. The highest BCUT2D eigenvalue weighted by molar-refractivity contribution is 5.77. The van der Waals surface area contributed by atoms with Crippen LogP contribution in [0, 0.1) is 0 Å². The van der Waals surface area contributed by atoms with Gasteiger partial charge in [-0.3, -0.25) is 0 Å². The van der Waals surface area contributed by atoms with Crippen LogP contribution in [-0.2, 0) is 4.74 Å². The predicted octanol–water partition coefficient (Wildman–Crippen LogP) is 3.51. The third kappa shape index (κ3) is 3.12. The van der Waals surface area contributed by atoms with E-state index in [-0.39, 0.29) is 6.04 Å². The molecule has 2 rings (SSSR count). The van der Waals surface area contributed by atoms with E-state index in [1.165, 1.54) is 5.39 Å². The van der Waals surface area contributed by atoms with E-state index in [1.807, 2.05) is 18.2 Å². The average Bonchev–Trinajstić information content (AvgIpc) is 2.81. The summed E-state index contributed by atoms with van der Waals surface area (Å²) in [6, 6.07) is 10.5. The molecule has 1 atom stereocenters. The molecule has 1 aromatic carbocycles. The highest BCUT2D eigenvalue weighted by Crippen LogP contribution is 2.26. The van der Waals surface area contributed by atoms with Crippen molar-refractivity contribution in [2.24, 2.45) is 0 Å². The van der Waals surface area contributed by atoms with Crippen LogP contribution in [0.4, 0.5) is 0 Å². The van der Waals surface area contributed by atoms with E-state index in [0.29, 0.717) is 0 Å². The van der Waals surface area contributed by atoms with Crippen LogP contribution in [0.1, 0.15) is 31.6 Å². The largest absolute Gasteiger partial charge is 0.459 e. The summed E-state index contributed by atoms with van der Waals surface area (Å²) in [6.45, 7) is 3.85. The Bertz CT molecular complexity index is 445. The van der Waals surface area contributed by atoms with Crippen molar-refractivity contribution in [3.8, 4) is 0 Å². The molecule has 1 unspecified atom stereocenters. The van der Waals surface area contributed by atoms with Crippen molar-refractivity contribution < 1.29 is 9.15 Å². The fourth-order valence-corrected chi connectivity index (χ4v) is 2.20. The van der Waals surface area contributed by atoms with E-state index in [0.717, 1.165) is 37.3 Å². The van der Waals surface area contributed by atoms with Crippen molar-refractivity contribution in [3.05, 3.63) is 36.1 Å². The molecule has 0 saturated heterocycles. The Hall–Kier alpha value is -1.32. The van der Waals surface area contributed by atoms with Crippen LogP contribution < -0.4 is 5.32 Å². The van der Waals surface area contributed by atoms with Crippen LogP contribution >= 0.6 is 0 Å². The smallest absolute Gasteiger partial charge is 0.134 e. The normalized spacial score (nSPS) is 13.0. The Morgan fingerprint density at radius 3 is 2.89 bits per heavy atom. The Balaban J connectivity index is 2.13. The molecule has 18 heavy (non-hydrogen) atoms. The lowest BCUT2D eigenvalue weighted by atomic mass is 10.1. The molecule has 98 valence electrons. The zero-order chi connectivity index (χ0) is 12.8. The van der Waals surface area contributed by atoms with Crippen molar-refractivity contribution in [1.82, 2.24) is 5.32 Å². The van der Waals surface area contributed by atoms with Crippen LogP contribution in [0.5, 0.6) is 0 Å². The van der Waals surface area contributed by atoms with Gasteiger partial charge in [-0.15, -0.1) is 0 Å². The van der Waals surface area contributed by atoms with Crippen molar-refractivity contribution in [2.75, 3.05) is 20.3 Å². The number of hydrogen-bond acceptors (Lipinski definition) is 3. The molecule has 0 aliphatic carbocycles. The van der Waals surface area contributed by atoms with Crippen LogP contribution in [0.2, 0.25) is 0 Å². The van der Waals surface area contributed by atoms with Gasteiger partial charge >= 0.3 is 0 Å². The van der Waals surface area contributed by atoms with Gasteiger partial charge in [0, 0.05) is 19.1 Å². The minimum absolute atomic E-state index is 0.276. The Morgan fingerprint density at radius 1 is 1.33 bits per heavy atom. The summed E-state index contributed by atoms with van der Waals surface area (Å²) in [5, 5.41) is 4.64. The molecule has 0 spiro atoms. The molecule has 0 amide bonds. The van der Waals surface area contributed by atoms with Gasteiger partial charge in [0.1, 0.15) is 11.3 Å². The molecule has 0 radical (unpaired) electrons. The molecule has 0 aliphatic rings. The van der Waals surface area contributed by atoms with Crippen molar-refractivity contribution >= 4 is 11.0 Å². The first-order valence-corrected chi connectivity index (χ1v) is 6.56. The number of nitrogens with one attached hydrogen (secondary N) is 1. The highest BCUT2D eigenvalue weighted by atomic mass is 16.5. The summed E-state index contributed by atoms with van der Waals surface area (Å²) in [5.41, 5.74) is 0.960. The molecular weight excluding hydrogens is 226 g/mol. The second-order valence-corrected chi connectivity index (χ2v) is 4.43. The Morgan fingerprint density at radius 2 is 2.17 bits per heavy atom. The number of methoxy groups -OCH3 is 1. The van der Waals surface area contributed by atoms with Crippen LogP contribution in [0.3, 0.4) is 0 Å². The molecular formula is C15H21NO2. The van der Waals surface area contributed by atoms with Crippen LogP contribution in [0.25, 0.3) is 11.0 Å². The maximum Gasteiger partial charge on any atom is 0.134 e. The summed E-state index contributed by atoms with van der Waals surface area (Å²) in [7, 11) is 1.74. The lowest BCUT2D eigenvalue weighted by molar-refractivity contribution is 0.187. The van der Waals surface area contributed by atoms with E-state index >= 15 is 0 Å². The third-order valence-electron chi connectivity index (χ3n) is 3.08. The average molecular weight is 247 g/mol. The van der Waals surface area contributed by atoms with E-state index in [1.54, 1.807) is 7.11 Å². The molecule has 3 heteroatoms. The van der Waals surface area contributed by atoms with E-state index in [9.17, 15) is 0 Å². The first-order valence-electron chi connectivity index (χ1n) is 6.56. The summed E-state index contributed by atoms with van der Waals surface area (Å²) < 4.78 is 11.0. The van der Waals surface area contributed by atoms with Gasteiger partial charge in [0.05, 0.1) is 6.04 Å². The van der Waals surface area contributed by atoms with Crippen LogP contribution in [0.15, 0.2) is 34.7 Å². The molecule has 0 fully saturated rings. The third-order valence-corrected chi connectivity index (χ3v) is 3.08. The maximum atomic E-state index is 5.91. The van der Waals surface area contributed by atoms with Gasteiger partial charge in [-0.05, 0) is 31.5 Å². The Kier molecular flexibility index (Phi) is 4.79. The number of para-hydroxylation sites is 1.